The minimum Gasteiger partial charge on any atom is -0.481 e. The molecule has 0 radical (unpaired) electrons. The van der Waals surface area contributed by atoms with Gasteiger partial charge in [-0.05, 0) is 47.2 Å². The number of likely N-dealkylation sites (tertiary alicyclic amines) is 1. The summed E-state index contributed by atoms with van der Waals surface area (Å²) < 4.78 is 11.5. The van der Waals surface area contributed by atoms with Crippen LogP contribution in [0.1, 0.15) is 29.8 Å². The summed E-state index contributed by atoms with van der Waals surface area (Å²) in [6.07, 6.45) is 3.37. The topological polar surface area (TPSA) is 80.0 Å². The highest BCUT2D eigenvalue weighted by Gasteiger charge is 2.41. The zero-order chi connectivity index (χ0) is 15.7. The van der Waals surface area contributed by atoms with Crippen LogP contribution < -0.4 is 0 Å². The highest BCUT2D eigenvalue weighted by Crippen LogP contribution is 2.33. The van der Waals surface area contributed by atoms with Gasteiger partial charge in [0.05, 0.1) is 22.8 Å². The van der Waals surface area contributed by atoms with E-state index in [1.54, 1.807) is 11.0 Å². The molecule has 0 saturated carbocycles. The quantitative estimate of drug-likeness (QED) is 0.881. The van der Waals surface area contributed by atoms with E-state index in [0.29, 0.717) is 36.4 Å². The zero-order valence-electron chi connectivity index (χ0n) is 12.0. The minimum absolute atomic E-state index is 0.127. The molecule has 1 amide bonds. The fourth-order valence-electron chi connectivity index (χ4n) is 3.36. The summed E-state index contributed by atoms with van der Waals surface area (Å²) >= 11 is 3.30. The number of hydrogen-bond donors (Lipinski definition) is 1. The Balaban J connectivity index is 1.60. The molecule has 0 spiro atoms. The average molecular weight is 372 g/mol. The van der Waals surface area contributed by atoms with Crippen molar-refractivity contribution in [1.29, 1.82) is 0 Å². The van der Waals surface area contributed by atoms with Crippen LogP contribution in [0.2, 0.25) is 0 Å². The molecule has 2 aliphatic heterocycles. The van der Waals surface area contributed by atoms with Gasteiger partial charge >= 0.3 is 5.97 Å². The fraction of sp³-hybridized carbons (Fsp3) is 0.600. The molecule has 2 atom stereocenters. The van der Waals surface area contributed by atoms with Crippen molar-refractivity contribution in [2.24, 2.45) is 11.8 Å². The second-order valence-electron chi connectivity index (χ2n) is 5.80. The lowest BCUT2D eigenvalue weighted by atomic mass is 9.84. The van der Waals surface area contributed by atoms with Gasteiger partial charge in [0.15, 0.2) is 0 Å². The van der Waals surface area contributed by atoms with E-state index in [1.165, 1.54) is 6.26 Å². The number of rotatable bonds is 3. The first kappa shape index (κ1) is 15.6. The zero-order valence-corrected chi connectivity index (χ0v) is 13.6. The Morgan fingerprint density at radius 2 is 2.00 bits per heavy atom. The second-order valence-corrected chi connectivity index (χ2v) is 6.65. The Kier molecular flexibility index (Phi) is 4.54. The van der Waals surface area contributed by atoms with Gasteiger partial charge in [-0.3, -0.25) is 9.59 Å². The maximum absolute atomic E-state index is 12.4. The molecule has 7 heteroatoms. The Morgan fingerprint density at radius 1 is 1.27 bits per heavy atom. The summed E-state index contributed by atoms with van der Waals surface area (Å²) in [6.45, 7) is 1.71. The molecule has 120 valence electrons. The van der Waals surface area contributed by atoms with Crippen LogP contribution in [0, 0.1) is 11.8 Å². The maximum Gasteiger partial charge on any atom is 0.309 e. The Labute approximate surface area is 136 Å². The van der Waals surface area contributed by atoms with E-state index in [0.717, 1.165) is 12.8 Å². The van der Waals surface area contributed by atoms with Crippen LogP contribution in [0.25, 0.3) is 0 Å². The number of carbonyl (C=O) groups is 2. The normalized spacial score (nSPS) is 26.3. The summed E-state index contributed by atoms with van der Waals surface area (Å²) in [4.78, 5) is 25.4. The molecule has 1 unspecified atom stereocenters. The number of carbonyl (C=O) groups excluding carboxylic acids is 1. The number of furan rings is 1. The molecule has 1 aromatic heterocycles. The molecule has 1 N–H and O–H groups in total. The number of carboxylic acid groups (broad SMARTS) is 1. The first-order valence-corrected chi connectivity index (χ1v) is 8.24. The van der Waals surface area contributed by atoms with Gasteiger partial charge in [-0.25, -0.2) is 0 Å². The molecule has 0 aliphatic carbocycles. The summed E-state index contributed by atoms with van der Waals surface area (Å²) in [5.41, 5.74) is 0. The van der Waals surface area contributed by atoms with Gasteiger partial charge in [0.1, 0.15) is 0 Å². The first-order valence-electron chi connectivity index (χ1n) is 7.44. The molecule has 22 heavy (non-hydrogen) atoms. The van der Waals surface area contributed by atoms with Crippen molar-refractivity contribution in [3.05, 3.63) is 22.6 Å². The largest absolute Gasteiger partial charge is 0.481 e. The van der Waals surface area contributed by atoms with Crippen molar-refractivity contribution < 1.29 is 23.8 Å². The van der Waals surface area contributed by atoms with Crippen molar-refractivity contribution in [2.45, 2.75) is 25.4 Å². The third kappa shape index (κ3) is 2.92. The molecule has 1 aromatic rings. The van der Waals surface area contributed by atoms with Crippen LogP contribution in [0.5, 0.6) is 0 Å². The number of nitrogens with zero attached hydrogens (tertiary/aromatic N) is 1. The molecule has 2 fully saturated rings. The molecular formula is C15H18BrNO5. The van der Waals surface area contributed by atoms with Crippen molar-refractivity contribution in [3.8, 4) is 0 Å². The lowest BCUT2D eigenvalue weighted by Crippen LogP contribution is -2.43. The van der Waals surface area contributed by atoms with Gasteiger partial charge in [0.2, 0.25) is 5.76 Å². The predicted octanol–water partition coefficient (Wildman–Crippen LogP) is 2.38. The van der Waals surface area contributed by atoms with Crippen LogP contribution in [0.15, 0.2) is 21.2 Å². The average Bonchev–Trinajstić information content (AvgIpc) is 3.15. The standard InChI is InChI=1S/C15H18BrNO5/c16-11-4-8-22-13(11)14(18)17-5-1-9(2-6-17)12-10(15(19)20)3-7-21-12/h4,8-10,12H,1-3,5-7H2,(H,19,20)/t10?,12-/m0/s1. The van der Waals surface area contributed by atoms with Gasteiger partial charge in [0.25, 0.3) is 5.91 Å². The molecule has 6 nitrogen and oxygen atoms in total. The van der Waals surface area contributed by atoms with E-state index in [-0.39, 0.29) is 17.9 Å². The molecule has 3 heterocycles. The SMILES string of the molecule is O=C(O)C1CCO[C@H]1C1CCN(C(=O)c2occc2Br)CC1. The number of carboxylic acids is 1. The van der Waals surface area contributed by atoms with Gasteiger partial charge in [-0.15, -0.1) is 0 Å². The smallest absolute Gasteiger partial charge is 0.309 e. The van der Waals surface area contributed by atoms with Gasteiger partial charge in [-0.2, -0.15) is 0 Å². The first-order chi connectivity index (χ1) is 10.6. The van der Waals surface area contributed by atoms with E-state index in [1.807, 2.05) is 0 Å². The number of amides is 1. The Bertz CT molecular complexity index is 564. The monoisotopic (exact) mass is 371 g/mol. The van der Waals surface area contributed by atoms with E-state index < -0.39 is 11.9 Å². The van der Waals surface area contributed by atoms with Gasteiger partial charge in [0, 0.05) is 19.7 Å². The third-order valence-electron chi connectivity index (χ3n) is 4.56. The molecule has 3 rings (SSSR count). The second kappa shape index (κ2) is 6.42. The number of hydrogen-bond acceptors (Lipinski definition) is 4. The van der Waals surface area contributed by atoms with Crippen LogP contribution in [-0.2, 0) is 9.53 Å². The Morgan fingerprint density at radius 3 is 2.59 bits per heavy atom. The lowest BCUT2D eigenvalue weighted by Gasteiger charge is -2.35. The van der Waals surface area contributed by atoms with Crippen molar-refractivity contribution in [2.75, 3.05) is 19.7 Å². The molecular weight excluding hydrogens is 354 g/mol. The maximum atomic E-state index is 12.4. The summed E-state index contributed by atoms with van der Waals surface area (Å²) in [6, 6.07) is 1.70. The van der Waals surface area contributed by atoms with E-state index in [2.05, 4.69) is 15.9 Å². The number of piperidine rings is 1. The van der Waals surface area contributed by atoms with E-state index >= 15 is 0 Å². The lowest BCUT2D eigenvalue weighted by molar-refractivity contribution is -0.145. The fourth-order valence-corrected chi connectivity index (χ4v) is 3.73. The summed E-state index contributed by atoms with van der Waals surface area (Å²) in [7, 11) is 0. The van der Waals surface area contributed by atoms with Crippen LogP contribution in [0.3, 0.4) is 0 Å². The van der Waals surface area contributed by atoms with Crippen molar-refractivity contribution in [1.82, 2.24) is 4.90 Å². The third-order valence-corrected chi connectivity index (χ3v) is 5.18. The highest BCUT2D eigenvalue weighted by atomic mass is 79.9. The van der Waals surface area contributed by atoms with Crippen LogP contribution in [0.4, 0.5) is 0 Å². The van der Waals surface area contributed by atoms with Crippen LogP contribution in [-0.4, -0.2) is 47.7 Å². The molecule has 2 aliphatic rings. The minimum atomic E-state index is -0.777. The number of halogens is 1. The molecule has 2 saturated heterocycles. The number of aliphatic carboxylic acids is 1. The summed E-state index contributed by atoms with van der Waals surface area (Å²) in [5.74, 6) is -0.795. The number of ether oxygens (including phenoxy) is 1. The van der Waals surface area contributed by atoms with Crippen molar-refractivity contribution >= 4 is 27.8 Å². The summed E-state index contributed by atoms with van der Waals surface area (Å²) in [5, 5.41) is 9.25. The van der Waals surface area contributed by atoms with Gasteiger partial charge in [-0.1, -0.05) is 0 Å². The Hall–Kier alpha value is -1.34. The molecule has 0 bridgehead atoms. The van der Waals surface area contributed by atoms with Crippen LogP contribution >= 0.6 is 15.9 Å². The molecule has 0 aromatic carbocycles. The predicted molar refractivity (Wildman–Crippen MR) is 80.5 cm³/mol. The van der Waals surface area contributed by atoms with Gasteiger partial charge < -0.3 is 19.2 Å². The van der Waals surface area contributed by atoms with E-state index in [9.17, 15) is 14.7 Å². The van der Waals surface area contributed by atoms with Crippen molar-refractivity contribution in [3.63, 3.8) is 0 Å². The highest BCUT2D eigenvalue weighted by molar-refractivity contribution is 9.10. The van der Waals surface area contributed by atoms with E-state index in [4.69, 9.17) is 9.15 Å².